The first-order valence-corrected chi connectivity index (χ1v) is 7.82. The second-order valence-corrected chi connectivity index (χ2v) is 5.91. The van der Waals surface area contributed by atoms with Crippen molar-refractivity contribution >= 4 is 15.9 Å². The lowest BCUT2D eigenvalue weighted by Crippen LogP contribution is -2.27. The lowest BCUT2D eigenvalue weighted by molar-refractivity contribution is 0.0953. The molecule has 0 aliphatic rings. The van der Waals surface area contributed by atoms with E-state index in [2.05, 4.69) is 17.2 Å². The van der Waals surface area contributed by atoms with Crippen molar-refractivity contribution in [2.75, 3.05) is 18.8 Å². The molecule has 0 saturated heterocycles. The number of rotatable bonds is 5. The number of amides is 1. The summed E-state index contributed by atoms with van der Waals surface area (Å²) in [7, 11) is -3.54. The lowest BCUT2D eigenvalue weighted by Gasteiger charge is -2.05. The molecule has 0 atom stereocenters. The summed E-state index contributed by atoms with van der Waals surface area (Å²) in [5.74, 6) is 3.72. The van der Waals surface area contributed by atoms with E-state index < -0.39 is 21.7 Å². The highest BCUT2D eigenvalue weighted by Gasteiger charge is 2.09. The molecule has 0 saturated carbocycles. The number of primary sulfonamides is 1. The van der Waals surface area contributed by atoms with Crippen LogP contribution < -0.4 is 16.2 Å². The Labute approximate surface area is 122 Å². The number of carbonyl (C=O) groups is 1. The minimum atomic E-state index is -3.54. The number of nitrogens with one attached hydrogen (secondary N) is 1. The van der Waals surface area contributed by atoms with Crippen LogP contribution in [-0.4, -0.2) is 33.2 Å². The predicted octanol–water partition coefficient (Wildman–Crippen LogP) is -0.456. The van der Waals surface area contributed by atoms with Gasteiger partial charge in [0.25, 0.3) is 5.91 Å². The molecule has 0 spiro atoms. The van der Waals surface area contributed by atoms with Crippen LogP contribution in [0.3, 0.4) is 0 Å². The lowest BCUT2D eigenvalue weighted by atomic mass is 10.1. The van der Waals surface area contributed by atoms with E-state index in [1.54, 1.807) is 0 Å². The van der Waals surface area contributed by atoms with Gasteiger partial charge in [-0.2, -0.15) is 0 Å². The molecule has 114 valence electrons. The highest BCUT2D eigenvalue weighted by Crippen LogP contribution is 2.09. The molecule has 21 heavy (non-hydrogen) atoms. The standard InChI is InChI=1S/C13H16FN3O3S/c14-12-9-11(5-4-10(12)3-1-6-15)13(18)17-7-2-8-21(16,19)20/h4-5,9H,2,6-8,15H2,(H,17,18)(H2,16,19,20). The summed E-state index contributed by atoms with van der Waals surface area (Å²) in [6.07, 6.45) is 0.188. The molecule has 1 aromatic rings. The fraction of sp³-hybridized carbons (Fsp3) is 0.308. The van der Waals surface area contributed by atoms with Crippen LogP contribution in [0, 0.1) is 17.7 Å². The van der Waals surface area contributed by atoms with Crippen molar-refractivity contribution < 1.29 is 17.6 Å². The van der Waals surface area contributed by atoms with Crippen LogP contribution in [0.15, 0.2) is 18.2 Å². The largest absolute Gasteiger partial charge is 0.352 e. The molecule has 0 heterocycles. The van der Waals surface area contributed by atoms with Gasteiger partial charge in [0.2, 0.25) is 10.0 Å². The van der Waals surface area contributed by atoms with E-state index in [0.29, 0.717) is 0 Å². The Morgan fingerprint density at radius 2 is 2.10 bits per heavy atom. The molecule has 0 bridgehead atoms. The molecule has 1 amide bonds. The van der Waals surface area contributed by atoms with Gasteiger partial charge in [0.1, 0.15) is 5.82 Å². The summed E-state index contributed by atoms with van der Waals surface area (Å²) in [6.45, 7) is 0.247. The topological polar surface area (TPSA) is 115 Å². The fourth-order valence-corrected chi connectivity index (χ4v) is 2.03. The Morgan fingerprint density at radius 3 is 2.67 bits per heavy atom. The summed E-state index contributed by atoms with van der Waals surface area (Å²) in [4.78, 5) is 11.7. The fourth-order valence-electron chi connectivity index (χ4n) is 1.48. The van der Waals surface area contributed by atoms with Gasteiger partial charge >= 0.3 is 0 Å². The molecule has 1 aromatic carbocycles. The number of halogens is 1. The quantitative estimate of drug-likeness (QED) is 0.504. The summed E-state index contributed by atoms with van der Waals surface area (Å²) in [5, 5.41) is 7.31. The molecule has 0 aliphatic carbocycles. The molecule has 0 unspecified atom stereocenters. The van der Waals surface area contributed by atoms with E-state index in [9.17, 15) is 17.6 Å². The van der Waals surface area contributed by atoms with Crippen molar-refractivity contribution in [3.63, 3.8) is 0 Å². The maximum atomic E-state index is 13.7. The van der Waals surface area contributed by atoms with E-state index in [-0.39, 0.29) is 36.4 Å². The van der Waals surface area contributed by atoms with Crippen LogP contribution >= 0.6 is 0 Å². The first-order chi connectivity index (χ1) is 9.83. The molecule has 5 N–H and O–H groups in total. The van der Waals surface area contributed by atoms with Gasteiger partial charge in [-0.1, -0.05) is 11.8 Å². The van der Waals surface area contributed by atoms with Crippen molar-refractivity contribution in [1.82, 2.24) is 5.32 Å². The van der Waals surface area contributed by atoms with Gasteiger partial charge in [0.15, 0.2) is 0 Å². The van der Waals surface area contributed by atoms with Crippen LogP contribution in [0.4, 0.5) is 4.39 Å². The molecule has 0 radical (unpaired) electrons. The Morgan fingerprint density at radius 1 is 1.38 bits per heavy atom. The second-order valence-electron chi connectivity index (χ2n) is 4.18. The van der Waals surface area contributed by atoms with Gasteiger partial charge in [-0.3, -0.25) is 4.79 Å². The van der Waals surface area contributed by atoms with E-state index in [4.69, 9.17) is 10.9 Å². The number of nitrogens with two attached hydrogens (primary N) is 2. The maximum Gasteiger partial charge on any atom is 0.251 e. The summed E-state index contributed by atoms with van der Waals surface area (Å²) >= 11 is 0. The van der Waals surface area contributed by atoms with Crippen LogP contribution in [-0.2, 0) is 10.0 Å². The van der Waals surface area contributed by atoms with Crippen molar-refractivity contribution in [3.8, 4) is 11.8 Å². The molecular formula is C13H16FN3O3S. The minimum absolute atomic E-state index is 0.117. The number of sulfonamides is 1. The molecular weight excluding hydrogens is 297 g/mol. The number of benzene rings is 1. The van der Waals surface area contributed by atoms with Gasteiger partial charge in [0.05, 0.1) is 17.9 Å². The zero-order valence-corrected chi connectivity index (χ0v) is 12.0. The molecule has 0 aromatic heterocycles. The van der Waals surface area contributed by atoms with E-state index >= 15 is 0 Å². The molecule has 0 aliphatic heterocycles. The van der Waals surface area contributed by atoms with E-state index in [1.807, 2.05) is 0 Å². The number of carbonyl (C=O) groups excluding carboxylic acids is 1. The third-order valence-corrected chi connectivity index (χ3v) is 3.31. The van der Waals surface area contributed by atoms with Gasteiger partial charge < -0.3 is 11.1 Å². The molecule has 6 nitrogen and oxygen atoms in total. The van der Waals surface area contributed by atoms with E-state index in [0.717, 1.165) is 6.07 Å². The van der Waals surface area contributed by atoms with E-state index in [1.165, 1.54) is 12.1 Å². The second kappa shape index (κ2) is 7.73. The molecule has 1 rings (SSSR count). The monoisotopic (exact) mass is 313 g/mol. The predicted molar refractivity (Wildman–Crippen MR) is 77.3 cm³/mol. The smallest absolute Gasteiger partial charge is 0.251 e. The highest BCUT2D eigenvalue weighted by atomic mass is 32.2. The van der Waals surface area contributed by atoms with Gasteiger partial charge in [0, 0.05) is 12.1 Å². The van der Waals surface area contributed by atoms with Gasteiger partial charge in [-0.05, 0) is 24.6 Å². The first-order valence-electron chi connectivity index (χ1n) is 6.10. The maximum absolute atomic E-state index is 13.7. The Bertz CT molecular complexity index is 678. The Balaban J connectivity index is 2.61. The average molecular weight is 313 g/mol. The van der Waals surface area contributed by atoms with Crippen molar-refractivity contribution in [2.24, 2.45) is 10.9 Å². The third-order valence-electron chi connectivity index (χ3n) is 2.45. The zero-order valence-electron chi connectivity index (χ0n) is 11.2. The zero-order chi connectivity index (χ0) is 15.9. The van der Waals surface area contributed by atoms with Crippen molar-refractivity contribution in [1.29, 1.82) is 0 Å². The first kappa shape index (κ1) is 17.1. The SMILES string of the molecule is NCC#Cc1ccc(C(=O)NCCCS(N)(=O)=O)cc1F. The van der Waals surface area contributed by atoms with Gasteiger partial charge in [-0.25, -0.2) is 17.9 Å². The minimum Gasteiger partial charge on any atom is -0.352 e. The highest BCUT2D eigenvalue weighted by molar-refractivity contribution is 7.89. The Hall–Kier alpha value is -1.95. The normalized spacial score (nSPS) is 10.6. The Kier molecular flexibility index (Phi) is 6.30. The number of hydrogen-bond donors (Lipinski definition) is 3. The summed E-state index contributed by atoms with van der Waals surface area (Å²) in [5.41, 5.74) is 5.48. The molecule has 0 fully saturated rings. The van der Waals surface area contributed by atoms with Crippen LogP contribution in [0.1, 0.15) is 22.3 Å². The van der Waals surface area contributed by atoms with Crippen LogP contribution in [0.5, 0.6) is 0 Å². The summed E-state index contributed by atoms with van der Waals surface area (Å²) in [6, 6.07) is 3.88. The van der Waals surface area contributed by atoms with Crippen molar-refractivity contribution in [2.45, 2.75) is 6.42 Å². The van der Waals surface area contributed by atoms with Crippen LogP contribution in [0.2, 0.25) is 0 Å². The molecule has 8 heteroatoms. The third kappa shape index (κ3) is 6.35. The number of hydrogen-bond acceptors (Lipinski definition) is 4. The summed E-state index contributed by atoms with van der Waals surface area (Å²) < 4.78 is 35.1. The average Bonchev–Trinajstić information content (AvgIpc) is 2.41. The van der Waals surface area contributed by atoms with Gasteiger partial charge in [-0.15, -0.1) is 0 Å². The van der Waals surface area contributed by atoms with Crippen LogP contribution in [0.25, 0.3) is 0 Å². The van der Waals surface area contributed by atoms with Crippen molar-refractivity contribution in [3.05, 3.63) is 35.1 Å².